The predicted molar refractivity (Wildman–Crippen MR) is 102 cm³/mol. The number of hydrogen-bond donors (Lipinski definition) is 1. The van der Waals surface area contributed by atoms with E-state index in [1.54, 1.807) is 13.0 Å². The molecule has 11 heteroatoms. The van der Waals surface area contributed by atoms with E-state index in [2.05, 4.69) is 10.4 Å². The van der Waals surface area contributed by atoms with Gasteiger partial charge in [-0.2, -0.15) is 22.6 Å². The second kappa shape index (κ2) is 7.52. The Morgan fingerprint density at radius 2 is 1.77 bits per heavy atom. The van der Waals surface area contributed by atoms with E-state index in [-0.39, 0.29) is 36.4 Å². The lowest BCUT2D eigenvalue weighted by Crippen LogP contribution is -2.38. The number of nitrogens with one attached hydrogen (secondary N) is 1. The molecule has 2 aromatic rings. The molecule has 0 spiro atoms. The number of hydrogen-bond acceptors (Lipinski definition) is 4. The molecule has 30 heavy (non-hydrogen) atoms. The van der Waals surface area contributed by atoms with Gasteiger partial charge in [-0.3, -0.25) is 0 Å². The van der Waals surface area contributed by atoms with E-state index in [0.717, 1.165) is 16.8 Å². The van der Waals surface area contributed by atoms with Gasteiger partial charge in [0.25, 0.3) is 0 Å². The Labute approximate surface area is 171 Å². The van der Waals surface area contributed by atoms with Crippen LogP contribution < -0.4 is 5.32 Å². The molecular formula is C19H22F4N4O2S. The van der Waals surface area contributed by atoms with Crippen LogP contribution in [-0.4, -0.2) is 47.8 Å². The van der Waals surface area contributed by atoms with Crippen molar-refractivity contribution in [2.45, 2.75) is 55.3 Å². The van der Waals surface area contributed by atoms with Gasteiger partial charge in [0.15, 0.2) is 6.04 Å². The molecule has 0 radical (unpaired) electrons. The highest BCUT2D eigenvalue weighted by atomic mass is 32.2. The zero-order chi connectivity index (χ0) is 21.7. The normalized spacial score (nSPS) is 23.8. The van der Waals surface area contributed by atoms with Crippen LogP contribution in [0.5, 0.6) is 0 Å². The van der Waals surface area contributed by atoms with Crippen LogP contribution in [-0.2, 0) is 10.0 Å². The van der Waals surface area contributed by atoms with Crippen molar-refractivity contribution in [3.8, 4) is 0 Å². The van der Waals surface area contributed by atoms with E-state index in [9.17, 15) is 26.0 Å². The minimum Gasteiger partial charge on any atom is -0.368 e. The number of alkyl halides is 3. The van der Waals surface area contributed by atoms with E-state index in [1.165, 1.54) is 16.4 Å². The second-order valence-corrected chi connectivity index (χ2v) is 9.81. The summed E-state index contributed by atoms with van der Waals surface area (Å²) in [6.07, 6.45) is -3.58. The molecule has 6 nitrogen and oxygen atoms in total. The molecule has 0 bridgehead atoms. The third-order valence-corrected chi connectivity index (χ3v) is 7.64. The number of fused-ring (bicyclic) bond motifs is 1. The molecule has 2 atom stereocenters. The molecule has 0 amide bonds. The Bertz CT molecular complexity index is 1010. The molecule has 0 unspecified atom stereocenters. The third kappa shape index (κ3) is 3.92. The first kappa shape index (κ1) is 21.1. The number of nitrogens with zero attached hydrogens (tertiary/aromatic N) is 3. The van der Waals surface area contributed by atoms with Crippen LogP contribution in [0.4, 0.5) is 23.4 Å². The average Bonchev–Trinajstić information content (AvgIpc) is 3.10. The first-order valence-corrected chi connectivity index (χ1v) is 11.2. The van der Waals surface area contributed by atoms with Crippen LogP contribution in [0.3, 0.4) is 0 Å². The molecule has 4 rings (SSSR count). The summed E-state index contributed by atoms with van der Waals surface area (Å²) >= 11 is 0. The number of anilines is 1. The number of aromatic nitrogens is 2. The summed E-state index contributed by atoms with van der Waals surface area (Å²) in [6.45, 7) is 2.14. The van der Waals surface area contributed by atoms with Crippen molar-refractivity contribution >= 4 is 15.8 Å². The summed E-state index contributed by atoms with van der Waals surface area (Å²) in [4.78, 5) is 0.0195. The van der Waals surface area contributed by atoms with Crippen LogP contribution in [0.25, 0.3) is 0 Å². The smallest absolute Gasteiger partial charge is 0.368 e. The van der Waals surface area contributed by atoms with E-state index in [1.807, 2.05) is 0 Å². The average molecular weight is 446 g/mol. The fourth-order valence-corrected chi connectivity index (χ4v) is 5.59. The van der Waals surface area contributed by atoms with Gasteiger partial charge in [0.05, 0.1) is 10.6 Å². The van der Waals surface area contributed by atoms with Crippen LogP contribution in [0.1, 0.15) is 43.8 Å². The zero-order valence-electron chi connectivity index (χ0n) is 16.2. The molecule has 2 aliphatic heterocycles. The van der Waals surface area contributed by atoms with E-state index < -0.39 is 28.1 Å². The third-order valence-electron chi connectivity index (χ3n) is 5.72. The monoisotopic (exact) mass is 446 g/mol. The van der Waals surface area contributed by atoms with Gasteiger partial charge in [0.1, 0.15) is 11.6 Å². The number of sulfonamides is 1. The number of benzene rings is 1. The number of piperidine rings is 1. The Balaban J connectivity index is 1.49. The van der Waals surface area contributed by atoms with E-state index in [0.29, 0.717) is 24.4 Å². The summed E-state index contributed by atoms with van der Waals surface area (Å²) in [5, 5.41) is 7.28. The maximum absolute atomic E-state index is 13.4. The molecular weight excluding hydrogens is 424 g/mol. The van der Waals surface area contributed by atoms with Crippen LogP contribution >= 0.6 is 0 Å². The first-order valence-electron chi connectivity index (χ1n) is 9.74. The fourth-order valence-electron chi connectivity index (χ4n) is 4.12. The molecule has 2 aliphatic rings. The molecule has 1 fully saturated rings. The Kier molecular flexibility index (Phi) is 5.29. The zero-order valence-corrected chi connectivity index (χ0v) is 17.0. The minimum absolute atomic E-state index is 0.0195. The molecule has 3 heterocycles. The summed E-state index contributed by atoms with van der Waals surface area (Å²) < 4.78 is 81.2. The maximum Gasteiger partial charge on any atom is 0.410 e. The van der Waals surface area contributed by atoms with Gasteiger partial charge in [-0.15, -0.1) is 0 Å². The molecule has 1 aromatic heterocycles. The highest BCUT2D eigenvalue weighted by Gasteiger charge is 2.46. The van der Waals surface area contributed by atoms with Crippen molar-refractivity contribution in [2.24, 2.45) is 0 Å². The summed E-state index contributed by atoms with van der Waals surface area (Å²) in [5.41, 5.74) is 0.541. The lowest BCUT2D eigenvalue weighted by molar-refractivity contribution is -0.173. The van der Waals surface area contributed by atoms with Crippen molar-refractivity contribution < 1.29 is 26.0 Å². The molecule has 1 N–H and O–H groups in total. The van der Waals surface area contributed by atoms with Gasteiger partial charge in [0, 0.05) is 31.1 Å². The van der Waals surface area contributed by atoms with Crippen molar-refractivity contribution in [2.75, 3.05) is 18.4 Å². The largest absolute Gasteiger partial charge is 0.410 e. The second-order valence-electron chi connectivity index (χ2n) is 7.87. The highest BCUT2D eigenvalue weighted by Crippen LogP contribution is 2.41. The lowest BCUT2D eigenvalue weighted by atomic mass is 9.95. The predicted octanol–water partition coefficient (Wildman–Crippen LogP) is 3.90. The van der Waals surface area contributed by atoms with Crippen LogP contribution in [0.15, 0.2) is 35.2 Å². The quantitative estimate of drug-likeness (QED) is 0.727. The SMILES string of the molecule is C[C@@H]1C[C@H](C(F)(F)F)n2nc(C3CCN(S(=O)(=O)c4ccc(F)cc4)CC3)cc2N1. The van der Waals surface area contributed by atoms with Crippen molar-refractivity contribution in [3.05, 3.63) is 41.8 Å². The van der Waals surface area contributed by atoms with Gasteiger partial charge >= 0.3 is 6.18 Å². The highest BCUT2D eigenvalue weighted by molar-refractivity contribution is 7.89. The molecule has 0 saturated carbocycles. The molecule has 164 valence electrons. The van der Waals surface area contributed by atoms with Crippen molar-refractivity contribution in [1.82, 2.24) is 14.1 Å². The molecule has 0 aliphatic carbocycles. The lowest BCUT2D eigenvalue weighted by Gasteiger charge is -2.31. The topological polar surface area (TPSA) is 67.2 Å². The van der Waals surface area contributed by atoms with Crippen LogP contribution in [0.2, 0.25) is 0 Å². The van der Waals surface area contributed by atoms with Gasteiger partial charge in [-0.1, -0.05) is 0 Å². The van der Waals surface area contributed by atoms with Crippen molar-refractivity contribution in [3.63, 3.8) is 0 Å². The van der Waals surface area contributed by atoms with E-state index >= 15 is 0 Å². The Morgan fingerprint density at radius 1 is 1.13 bits per heavy atom. The van der Waals surface area contributed by atoms with Gasteiger partial charge in [-0.25, -0.2) is 17.5 Å². The van der Waals surface area contributed by atoms with E-state index in [4.69, 9.17) is 0 Å². The molecule has 1 aromatic carbocycles. The summed E-state index contributed by atoms with van der Waals surface area (Å²) in [5.74, 6) is -0.308. The standard InChI is InChI=1S/C19H22F4N4O2S/c1-12-10-17(19(21,22)23)27-18(24-12)11-16(25-27)13-6-8-26(9-7-13)30(28,29)15-4-2-14(20)3-5-15/h2-5,11-13,17,24H,6-10H2,1H3/t12-,17-/m1/s1. The fraction of sp³-hybridized carbons (Fsp3) is 0.526. The number of rotatable bonds is 3. The molecule has 1 saturated heterocycles. The Morgan fingerprint density at radius 3 is 2.37 bits per heavy atom. The van der Waals surface area contributed by atoms with Crippen molar-refractivity contribution in [1.29, 1.82) is 0 Å². The van der Waals surface area contributed by atoms with Gasteiger partial charge in [0.2, 0.25) is 10.0 Å². The van der Waals surface area contributed by atoms with Gasteiger partial charge in [-0.05, 0) is 50.5 Å². The first-order chi connectivity index (χ1) is 14.1. The minimum atomic E-state index is -4.39. The number of halogens is 4. The van der Waals surface area contributed by atoms with Crippen LogP contribution in [0, 0.1) is 5.82 Å². The maximum atomic E-state index is 13.4. The summed E-state index contributed by atoms with van der Waals surface area (Å²) in [7, 11) is -3.74. The van der Waals surface area contributed by atoms with Gasteiger partial charge < -0.3 is 5.32 Å². The Hall–Kier alpha value is -2.14. The summed E-state index contributed by atoms with van der Waals surface area (Å²) in [6, 6.07) is 4.30.